The molecule has 3 N–H and O–H groups in total. The molecule has 0 fully saturated rings. The molecular weight excluding hydrogens is 285 g/mol. The van der Waals surface area contributed by atoms with Gasteiger partial charge in [-0.15, -0.1) is 0 Å². The van der Waals surface area contributed by atoms with Crippen molar-refractivity contribution in [1.29, 1.82) is 0 Å². The fraction of sp³-hybridized carbons (Fsp3) is 0.833. The Balaban J connectivity index is -0.00000180. The maximum Gasteiger partial charge on any atom is 1.00 e. The first-order chi connectivity index (χ1) is 9.77. The van der Waals surface area contributed by atoms with Crippen LogP contribution in [0.15, 0.2) is 12.2 Å². The minimum absolute atomic E-state index is 0. The van der Waals surface area contributed by atoms with Gasteiger partial charge in [0.25, 0.3) is 0 Å². The number of hydrogen-bond acceptors (Lipinski definition) is 3. The Bertz CT molecular complexity index is 245. The molecule has 0 bridgehead atoms. The van der Waals surface area contributed by atoms with E-state index < -0.39 is 5.97 Å². The molecular formula is C18H36NNaO2. The average Bonchev–Trinajstić information content (AvgIpc) is 2.43. The first-order valence-electron chi connectivity index (χ1n) is 8.62. The summed E-state index contributed by atoms with van der Waals surface area (Å²) in [6.07, 6.45) is 20.9. The molecule has 4 heteroatoms. The summed E-state index contributed by atoms with van der Waals surface area (Å²) in [7, 11) is 0. The van der Waals surface area contributed by atoms with E-state index in [1.807, 2.05) is 0 Å². The summed E-state index contributed by atoms with van der Waals surface area (Å²) in [6.45, 7) is 2.26. The van der Waals surface area contributed by atoms with Crippen LogP contribution in [-0.4, -0.2) is 5.97 Å². The van der Waals surface area contributed by atoms with Gasteiger partial charge in [-0.1, -0.05) is 70.4 Å². The van der Waals surface area contributed by atoms with Crippen LogP contribution in [-0.2, 0) is 4.79 Å². The molecule has 0 heterocycles. The van der Waals surface area contributed by atoms with Crippen LogP contribution in [0.2, 0.25) is 0 Å². The monoisotopic (exact) mass is 321 g/mol. The van der Waals surface area contributed by atoms with Crippen LogP contribution in [0.3, 0.4) is 0 Å². The second-order valence-electron chi connectivity index (χ2n) is 5.71. The van der Waals surface area contributed by atoms with E-state index >= 15 is 0 Å². The predicted octanol–water partition coefficient (Wildman–Crippen LogP) is 1.94. The summed E-state index contributed by atoms with van der Waals surface area (Å²) in [6, 6.07) is 0. The molecule has 0 aromatic carbocycles. The number of hydrogen-bond donors (Lipinski definition) is 1. The van der Waals surface area contributed by atoms with E-state index in [1.165, 1.54) is 64.2 Å². The van der Waals surface area contributed by atoms with Crippen LogP contribution in [0, 0.1) is 0 Å². The number of carbonyl (C=O) groups is 1. The van der Waals surface area contributed by atoms with Crippen molar-refractivity contribution in [2.24, 2.45) is 0 Å². The van der Waals surface area contributed by atoms with Crippen molar-refractivity contribution >= 4 is 5.97 Å². The van der Waals surface area contributed by atoms with E-state index in [1.54, 1.807) is 0 Å². The minimum Gasteiger partial charge on any atom is -0.550 e. The maximum absolute atomic E-state index is 10.2. The van der Waals surface area contributed by atoms with Crippen LogP contribution in [0.4, 0.5) is 0 Å². The molecule has 0 saturated heterocycles. The van der Waals surface area contributed by atoms with E-state index in [2.05, 4.69) is 19.1 Å². The molecule has 0 aliphatic carbocycles. The zero-order valence-corrected chi connectivity index (χ0v) is 17.1. The quantitative estimate of drug-likeness (QED) is 0.284. The average molecular weight is 321 g/mol. The molecule has 0 amide bonds. The third-order valence-corrected chi connectivity index (χ3v) is 3.64. The van der Waals surface area contributed by atoms with Gasteiger partial charge in [-0.05, 0) is 38.5 Å². The zero-order valence-electron chi connectivity index (χ0n) is 15.1. The number of aliphatic carboxylic acids is 1. The number of carboxylic acids is 1. The molecule has 0 saturated carbocycles. The van der Waals surface area contributed by atoms with Crippen molar-refractivity contribution in [3.63, 3.8) is 0 Å². The molecule has 0 aromatic heterocycles. The van der Waals surface area contributed by atoms with Gasteiger partial charge in [-0.2, -0.15) is 0 Å². The second kappa shape index (κ2) is 23.4. The summed E-state index contributed by atoms with van der Waals surface area (Å²) in [5.41, 5.74) is 0. The van der Waals surface area contributed by atoms with Crippen LogP contribution in [0.25, 0.3) is 0 Å². The molecule has 0 aliphatic heterocycles. The van der Waals surface area contributed by atoms with Gasteiger partial charge < -0.3 is 16.1 Å². The van der Waals surface area contributed by atoms with Crippen molar-refractivity contribution < 1.29 is 39.5 Å². The molecule has 3 nitrogen and oxygen atoms in total. The van der Waals surface area contributed by atoms with Gasteiger partial charge in [0, 0.05) is 5.97 Å². The molecule has 0 unspecified atom stereocenters. The summed E-state index contributed by atoms with van der Waals surface area (Å²) in [4.78, 5) is 10.2. The van der Waals surface area contributed by atoms with Crippen molar-refractivity contribution in [3.05, 3.63) is 12.2 Å². The van der Waals surface area contributed by atoms with Gasteiger partial charge in [-0.3, -0.25) is 0 Å². The van der Waals surface area contributed by atoms with Crippen LogP contribution in [0.1, 0.15) is 96.8 Å². The first kappa shape index (κ1) is 27.0. The van der Waals surface area contributed by atoms with Crippen molar-refractivity contribution in [1.82, 2.24) is 6.15 Å². The normalized spacial score (nSPS) is 10.2. The van der Waals surface area contributed by atoms with Gasteiger partial charge in [0.15, 0.2) is 0 Å². The van der Waals surface area contributed by atoms with Gasteiger partial charge in [0.05, 0.1) is 0 Å². The maximum atomic E-state index is 10.2. The van der Waals surface area contributed by atoms with Gasteiger partial charge in [-0.25, -0.2) is 0 Å². The number of carbonyl (C=O) groups excluding carboxylic acids is 1. The molecule has 0 radical (unpaired) electrons. The van der Waals surface area contributed by atoms with Gasteiger partial charge >= 0.3 is 29.6 Å². The summed E-state index contributed by atoms with van der Waals surface area (Å²) >= 11 is 0. The molecule has 0 aliphatic rings. The minimum atomic E-state index is -0.914. The Morgan fingerprint density at radius 3 is 1.64 bits per heavy atom. The van der Waals surface area contributed by atoms with Gasteiger partial charge in [0.2, 0.25) is 0 Å². The standard InChI is InChI=1S/C18H34O2.H3N.Na/c1-2-3-4-5-6-7-8-9-10-11-12-13-14-15-16-17-18(19)20;;/h9-10H,2-8,11-17H2,1H3,(H,19,20);1H3;/q;;+1/p-1/b10-9-;;. The summed E-state index contributed by atoms with van der Waals surface area (Å²) in [5, 5.41) is 10.2. The van der Waals surface area contributed by atoms with Crippen LogP contribution in [0.5, 0.6) is 0 Å². The summed E-state index contributed by atoms with van der Waals surface area (Å²) < 4.78 is 0. The van der Waals surface area contributed by atoms with Crippen molar-refractivity contribution in [2.45, 2.75) is 96.8 Å². The fourth-order valence-corrected chi connectivity index (χ4v) is 2.34. The Morgan fingerprint density at radius 1 is 0.773 bits per heavy atom. The molecule has 126 valence electrons. The molecule has 0 aromatic rings. The van der Waals surface area contributed by atoms with E-state index in [-0.39, 0.29) is 42.1 Å². The van der Waals surface area contributed by atoms with Crippen LogP contribution >= 0.6 is 0 Å². The topological polar surface area (TPSA) is 75.1 Å². The van der Waals surface area contributed by atoms with E-state index in [0.29, 0.717) is 0 Å². The predicted molar refractivity (Wildman–Crippen MR) is 89.5 cm³/mol. The molecule has 22 heavy (non-hydrogen) atoms. The smallest absolute Gasteiger partial charge is 0.550 e. The third-order valence-electron chi connectivity index (χ3n) is 3.64. The Labute approximate surface area is 160 Å². The van der Waals surface area contributed by atoms with Crippen molar-refractivity contribution in [3.8, 4) is 0 Å². The van der Waals surface area contributed by atoms with Gasteiger partial charge in [0.1, 0.15) is 0 Å². The number of carboxylic acid groups (broad SMARTS) is 1. The fourth-order valence-electron chi connectivity index (χ4n) is 2.34. The van der Waals surface area contributed by atoms with Crippen LogP contribution < -0.4 is 40.8 Å². The second-order valence-corrected chi connectivity index (χ2v) is 5.71. The third kappa shape index (κ3) is 25.1. The van der Waals surface area contributed by atoms with Crippen molar-refractivity contribution in [2.75, 3.05) is 0 Å². The zero-order chi connectivity index (χ0) is 14.9. The Kier molecular flexibility index (Phi) is 28.8. The van der Waals surface area contributed by atoms with E-state index in [0.717, 1.165) is 19.3 Å². The first-order valence-corrected chi connectivity index (χ1v) is 8.62. The number of allylic oxidation sites excluding steroid dienone is 2. The molecule has 0 atom stereocenters. The largest absolute Gasteiger partial charge is 1.00 e. The SMILES string of the molecule is CCCCCCCC/C=C\CCCCCCCC(=O)[O-].N.[Na+]. The summed E-state index contributed by atoms with van der Waals surface area (Å²) in [5.74, 6) is -0.914. The Hall–Kier alpha value is 0.170. The Morgan fingerprint density at radius 2 is 1.18 bits per heavy atom. The number of unbranched alkanes of at least 4 members (excludes halogenated alkanes) is 11. The molecule has 0 spiro atoms. The van der Waals surface area contributed by atoms with E-state index in [4.69, 9.17) is 0 Å². The molecule has 0 rings (SSSR count). The van der Waals surface area contributed by atoms with E-state index in [9.17, 15) is 9.90 Å². The number of rotatable bonds is 15.